The summed E-state index contributed by atoms with van der Waals surface area (Å²) >= 11 is 0. The van der Waals surface area contributed by atoms with Crippen molar-refractivity contribution >= 4 is 23.1 Å². The summed E-state index contributed by atoms with van der Waals surface area (Å²) in [7, 11) is 0. The molecule has 0 saturated heterocycles. The Bertz CT molecular complexity index is 1660. The highest BCUT2D eigenvalue weighted by Crippen LogP contribution is 2.69. The second kappa shape index (κ2) is 13.0. The predicted molar refractivity (Wildman–Crippen MR) is 199 cm³/mol. The molecule has 10 heteroatoms. The second-order valence-corrected chi connectivity index (χ2v) is 19.2. The molecule has 0 aromatic rings. The molecule has 0 spiro atoms. The van der Waals surface area contributed by atoms with Crippen LogP contribution in [-0.2, 0) is 19.2 Å². The van der Waals surface area contributed by atoms with Gasteiger partial charge < -0.3 is 30.6 Å². The van der Waals surface area contributed by atoms with Gasteiger partial charge in [-0.1, -0.05) is 50.0 Å². The van der Waals surface area contributed by atoms with Gasteiger partial charge in [0.2, 0.25) is 0 Å². The van der Waals surface area contributed by atoms with Gasteiger partial charge in [0.1, 0.15) is 24.4 Å². The van der Waals surface area contributed by atoms with Crippen molar-refractivity contribution in [3.05, 3.63) is 46.6 Å². The van der Waals surface area contributed by atoms with Crippen molar-refractivity contribution < 1.29 is 49.8 Å². The average Bonchev–Trinajstić information content (AvgIpc) is 3.54. The van der Waals surface area contributed by atoms with E-state index in [1.54, 1.807) is 24.3 Å². The fourth-order valence-corrected chi connectivity index (χ4v) is 14.5. The first kappa shape index (κ1) is 39.6. The van der Waals surface area contributed by atoms with Crippen molar-refractivity contribution in [3.8, 4) is 0 Å². The number of Topliss-reactive ketones (excluding diaryl/α,β-unsaturated/α-hetero) is 2. The van der Waals surface area contributed by atoms with E-state index in [9.17, 15) is 49.8 Å². The van der Waals surface area contributed by atoms with Gasteiger partial charge in [-0.15, -0.1) is 0 Å². The Morgan fingerprint density at radius 3 is 1.31 bits per heavy atom. The van der Waals surface area contributed by atoms with Gasteiger partial charge in [-0.25, -0.2) is 0 Å². The minimum Gasteiger partial charge on any atom is -0.393 e. The lowest BCUT2D eigenvalue weighted by molar-refractivity contribution is -0.179. The molecule has 0 aromatic carbocycles. The fourth-order valence-electron chi connectivity index (χ4n) is 14.5. The van der Waals surface area contributed by atoms with Gasteiger partial charge >= 0.3 is 0 Å². The molecule has 0 radical (unpaired) electrons. The zero-order chi connectivity index (χ0) is 39.6. The highest BCUT2D eigenvalue weighted by molar-refractivity contribution is 6.02. The molecule has 0 heterocycles. The number of rotatable bonds is 4. The van der Waals surface area contributed by atoms with E-state index in [2.05, 4.69) is 13.8 Å². The third-order valence-electron chi connectivity index (χ3n) is 17.6. The van der Waals surface area contributed by atoms with Crippen LogP contribution < -0.4 is 0 Å². The first-order valence-corrected chi connectivity index (χ1v) is 20.2. The van der Waals surface area contributed by atoms with E-state index < -0.39 is 59.0 Å². The summed E-state index contributed by atoms with van der Waals surface area (Å²) in [6, 6.07) is 0. The molecule has 0 amide bonds. The number of ketones is 4. The Morgan fingerprint density at radius 2 is 0.981 bits per heavy atom. The first-order valence-electron chi connectivity index (χ1n) is 20.2. The van der Waals surface area contributed by atoms with Crippen LogP contribution in [0.25, 0.3) is 0 Å². The number of aliphatic hydroxyl groups excluding tert-OH is 4. The van der Waals surface area contributed by atoms with E-state index in [0.29, 0.717) is 25.7 Å². The van der Waals surface area contributed by atoms with Crippen LogP contribution in [-0.4, -0.2) is 90.4 Å². The Balaban J connectivity index is 0.000000167. The molecule has 6 fully saturated rings. The molecular formula is C44H60O10. The van der Waals surface area contributed by atoms with E-state index in [1.165, 1.54) is 0 Å². The molecule has 8 aliphatic carbocycles. The van der Waals surface area contributed by atoms with Crippen molar-refractivity contribution in [2.75, 3.05) is 13.2 Å². The second-order valence-electron chi connectivity index (χ2n) is 19.2. The summed E-state index contributed by atoms with van der Waals surface area (Å²) in [6.07, 6.45) is 11.7. The Kier molecular flexibility index (Phi) is 9.51. The lowest BCUT2D eigenvalue weighted by atomic mass is 9.45. The molecule has 0 bridgehead atoms. The molecule has 0 unspecified atom stereocenters. The van der Waals surface area contributed by atoms with E-state index in [0.717, 1.165) is 60.8 Å². The lowest BCUT2D eigenvalue weighted by Gasteiger charge is -2.60. The summed E-state index contributed by atoms with van der Waals surface area (Å²) in [5.41, 5.74) is -1.07. The number of carbonyl (C=O) groups excluding carboxylic acids is 4. The normalized spacial score (nSPS) is 48.9. The third kappa shape index (κ3) is 5.05. The summed E-state index contributed by atoms with van der Waals surface area (Å²) in [5.74, 6) is -0.450. The summed E-state index contributed by atoms with van der Waals surface area (Å²) < 4.78 is 0. The molecule has 0 aromatic heterocycles. The Labute approximate surface area is 318 Å². The Hall–Kier alpha value is -2.60. The molecule has 6 N–H and O–H groups in total. The van der Waals surface area contributed by atoms with Gasteiger partial charge in [0.05, 0.1) is 12.2 Å². The third-order valence-corrected chi connectivity index (χ3v) is 17.6. The average molecular weight is 749 g/mol. The first-order chi connectivity index (χ1) is 25.2. The Morgan fingerprint density at radius 1 is 0.630 bits per heavy atom. The van der Waals surface area contributed by atoms with Crippen molar-refractivity contribution in [1.29, 1.82) is 0 Å². The molecule has 6 saturated carbocycles. The van der Waals surface area contributed by atoms with Crippen LogP contribution in [0.5, 0.6) is 0 Å². The van der Waals surface area contributed by atoms with Gasteiger partial charge in [-0.3, -0.25) is 19.2 Å². The SMILES string of the molecule is CC1=CC(=O)C=C2CC[C@@H]3[C@H]([C@@H](O)C[C@@]4(C)[C@H]3CC[C@]4(O)C(=O)CO)[C@]12C.CC1=CC(=O)C=C2CC[C@@H]3[C@H]([C@@H](O)C[C@@]4(C)[C@H]3CC[C@]4(O)C(=O)CO)[C@]12C. The zero-order valence-corrected chi connectivity index (χ0v) is 32.7. The van der Waals surface area contributed by atoms with Crippen LogP contribution in [0.3, 0.4) is 0 Å². The van der Waals surface area contributed by atoms with Gasteiger partial charge in [0, 0.05) is 33.5 Å². The van der Waals surface area contributed by atoms with Gasteiger partial charge in [-0.05, 0) is 126 Å². The minimum absolute atomic E-state index is 0.0218. The standard InChI is InChI=1S/2C22H30O5/c2*1-12-8-14(24)9-13-4-5-15-16-6-7-22(27,18(26)11-23)20(16,2)10-17(25)19(15)21(12,13)3/h2*8-9,15-17,19,23,25,27H,4-7,10-11H2,1-3H3/t2*15-,16-,17-,19+,20-,21+,22-/m00/s1. The number of aliphatic hydroxyl groups is 6. The number of carbonyl (C=O) groups is 4. The number of hydrogen-bond acceptors (Lipinski definition) is 10. The predicted octanol–water partition coefficient (Wildman–Crippen LogP) is 3.90. The van der Waals surface area contributed by atoms with E-state index in [-0.39, 0.29) is 57.9 Å². The van der Waals surface area contributed by atoms with E-state index in [1.807, 2.05) is 27.7 Å². The number of fused-ring (bicyclic) bond motifs is 10. The minimum atomic E-state index is -1.57. The molecule has 14 atom stereocenters. The van der Waals surface area contributed by atoms with Crippen LogP contribution in [0.2, 0.25) is 0 Å². The van der Waals surface area contributed by atoms with Crippen LogP contribution >= 0.6 is 0 Å². The number of allylic oxidation sites excluding steroid dienone is 8. The zero-order valence-electron chi connectivity index (χ0n) is 32.7. The smallest absolute Gasteiger partial charge is 0.190 e. The molecule has 8 aliphatic rings. The molecule has 296 valence electrons. The summed E-state index contributed by atoms with van der Waals surface area (Å²) in [6.45, 7) is 10.7. The van der Waals surface area contributed by atoms with Crippen LogP contribution in [0.1, 0.15) is 106 Å². The molecule has 10 nitrogen and oxygen atoms in total. The summed E-state index contributed by atoms with van der Waals surface area (Å²) in [4.78, 5) is 48.9. The monoisotopic (exact) mass is 748 g/mol. The maximum absolute atomic E-state index is 12.4. The largest absolute Gasteiger partial charge is 0.393 e. The summed E-state index contributed by atoms with van der Waals surface area (Å²) in [5, 5.41) is 63.8. The molecule has 8 rings (SSSR count). The molecule has 54 heavy (non-hydrogen) atoms. The van der Waals surface area contributed by atoms with Crippen molar-refractivity contribution in [1.82, 2.24) is 0 Å². The van der Waals surface area contributed by atoms with Gasteiger partial charge in [0.25, 0.3) is 0 Å². The van der Waals surface area contributed by atoms with Crippen molar-refractivity contribution in [3.63, 3.8) is 0 Å². The van der Waals surface area contributed by atoms with Gasteiger partial charge in [-0.2, -0.15) is 0 Å². The highest BCUT2D eigenvalue weighted by Gasteiger charge is 2.70. The maximum Gasteiger partial charge on any atom is 0.190 e. The lowest BCUT2D eigenvalue weighted by Crippen LogP contribution is -2.62. The van der Waals surface area contributed by atoms with Crippen LogP contribution in [0, 0.1) is 57.2 Å². The van der Waals surface area contributed by atoms with E-state index >= 15 is 0 Å². The van der Waals surface area contributed by atoms with Crippen LogP contribution in [0.4, 0.5) is 0 Å². The fraction of sp³-hybridized carbons (Fsp3) is 0.727. The molecule has 0 aliphatic heterocycles. The number of hydrogen-bond donors (Lipinski definition) is 6. The van der Waals surface area contributed by atoms with E-state index in [4.69, 9.17) is 0 Å². The van der Waals surface area contributed by atoms with Crippen molar-refractivity contribution in [2.24, 2.45) is 57.2 Å². The highest BCUT2D eigenvalue weighted by atomic mass is 16.3. The quantitative estimate of drug-likeness (QED) is 0.246. The van der Waals surface area contributed by atoms with Crippen LogP contribution in [0.15, 0.2) is 46.6 Å². The van der Waals surface area contributed by atoms with Crippen molar-refractivity contribution in [2.45, 2.75) is 129 Å². The molecular weight excluding hydrogens is 688 g/mol. The topological polar surface area (TPSA) is 190 Å². The maximum atomic E-state index is 12.4. The van der Waals surface area contributed by atoms with Gasteiger partial charge in [0.15, 0.2) is 23.1 Å².